The van der Waals surface area contributed by atoms with E-state index >= 15 is 0 Å². The molecule has 0 spiro atoms. The van der Waals surface area contributed by atoms with Crippen LogP contribution in [0.4, 0.5) is 5.82 Å². The number of carbonyl (C=O) groups is 1. The number of fused-ring (bicyclic) bond motifs is 1. The highest BCUT2D eigenvalue weighted by atomic mass is 32.2. The molecule has 5 nitrogen and oxygen atoms in total. The van der Waals surface area contributed by atoms with Gasteiger partial charge in [-0.2, -0.15) is 17.0 Å². The summed E-state index contributed by atoms with van der Waals surface area (Å²) in [6.07, 6.45) is 0. The predicted octanol–water partition coefficient (Wildman–Crippen LogP) is 2.11. The first kappa shape index (κ1) is 13.7. The minimum Gasteiger partial charge on any atom is -0.480 e. The van der Waals surface area contributed by atoms with Crippen molar-refractivity contribution in [2.75, 3.05) is 23.0 Å². The average Bonchev–Trinajstić information content (AvgIpc) is 2.53. The van der Waals surface area contributed by atoms with Crippen molar-refractivity contribution in [3.8, 4) is 6.07 Å². The third kappa shape index (κ3) is 2.52. The van der Waals surface area contributed by atoms with Crippen LogP contribution in [0.25, 0.3) is 10.9 Å². The van der Waals surface area contributed by atoms with Gasteiger partial charge < -0.3 is 10.0 Å². The molecule has 1 aliphatic rings. The second kappa shape index (κ2) is 5.62. The lowest BCUT2D eigenvalue weighted by Gasteiger charge is -2.34. The first-order valence-electron chi connectivity index (χ1n) is 6.58. The number of carboxylic acid groups (broad SMARTS) is 1. The Morgan fingerprint density at radius 1 is 1.48 bits per heavy atom. The van der Waals surface area contributed by atoms with Gasteiger partial charge in [0.25, 0.3) is 0 Å². The summed E-state index contributed by atoms with van der Waals surface area (Å²) in [5.41, 5.74) is 1.20. The first-order valence-corrected chi connectivity index (χ1v) is 7.73. The van der Waals surface area contributed by atoms with Gasteiger partial charge in [0.15, 0.2) is 0 Å². The van der Waals surface area contributed by atoms with E-state index in [1.165, 1.54) is 0 Å². The second-order valence-electron chi connectivity index (χ2n) is 4.79. The van der Waals surface area contributed by atoms with E-state index in [9.17, 15) is 15.2 Å². The van der Waals surface area contributed by atoms with Crippen molar-refractivity contribution < 1.29 is 9.90 Å². The third-order valence-electron chi connectivity index (χ3n) is 3.51. The molecule has 0 amide bonds. The van der Waals surface area contributed by atoms with Crippen molar-refractivity contribution in [2.45, 2.75) is 6.04 Å². The summed E-state index contributed by atoms with van der Waals surface area (Å²) in [6, 6.07) is 10.8. The third-order valence-corrected chi connectivity index (χ3v) is 4.53. The van der Waals surface area contributed by atoms with E-state index in [0.29, 0.717) is 23.7 Å². The van der Waals surface area contributed by atoms with E-state index in [-0.39, 0.29) is 0 Å². The monoisotopic (exact) mass is 299 g/mol. The van der Waals surface area contributed by atoms with Crippen LogP contribution in [-0.4, -0.2) is 40.2 Å². The maximum atomic E-state index is 11.4. The van der Waals surface area contributed by atoms with Gasteiger partial charge in [-0.3, -0.25) is 0 Å². The highest BCUT2D eigenvalue weighted by molar-refractivity contribution is 7.99. The Morgan fingerprint density at radius 3 is 3.05 bits per heavy atom. The summed E-state index contributed by atoms with van der Waals surface area (Å²) in [7, 11) is 0. The number of hydrogen-bond acceptors (Lipinski definition) is 5. The second-order valence-corrected chi connectivity index (χ2v) is 5.94. The molecule has 0 radical (unpaired) electrons. The molecule has 0 bridgehead atoms. The van der Waals surface area contributed by atoms with E-state index in [4.69, 9.17) is 0 Å². The van der Waals surface area contributed by atoms with E-state index in [1.807, 2.05) is 24.3 Å². The number of aliphatic carboxylic acids is 1. The van der Waals surface area contributed by atoms with Crippen molar-refractivity contribution in [1.29, 1.82) is 5.26 Å². The first-order chi connectivity index (χ1) is 10.2. The lowest BCUT2D eigenvalue weighted by atomic mass is 10.1. The molecular weight excluding hydrogens is 286 g/mol. The maximum absolute atomic E-state index is 11.4. The summed E-state index contributed by atoms with van der Waals surface area (Å²) in [5, 5.41) is 19.6. The molecule has 2 heterocycles. The Hall–Kier alpha value is -2.26. The fourth-order valence-corrected chi connectivity index (χ4v) is 3.51. The van der Waals surface area contributed by atoms with Gasteiger partial charge >= 0.3 is 5.97 Å². The number of nitrogens with zero attached hydrogens (tertiary/aromatic N) is 3. The van der Waals surface area contributed by atoms with Crippen LogP contribution in [-0.2, 0) is 4.79 Å². The van der Waals surface area contributed by atoms with Crippen molar-refractivity contribution in [1.82, 2.24) is 4.98 Å². The number of pyridine rings is 1. The van der Waals surface area contributed by atoms with Gasteiger partial charge in [0.1, 0.15) is 17.9 Å². The van der Waals surface area contributed by atoms with Crippen LogP contribution < -0.4 is 4.90 Å². The molecule has 1 unspecified atom stereocenters. The number of hydrogen-bond donors (Lipinski definition) is 1. The van der Waals surface area contributed by atoms with Gasteiger partial charge in [-0.25, -0.2) is 9.78 Å². The number of benzene rings is 1. The Kier molecular flexibility index (Phi) is 3.67. The summed E-state index contributed by atoms with van der Waals surface area (Å²) >= 11 is 1.61. The molecule has 1 saturated heterocycles. The molecular formula is C15H13N3O2S. The Bertz CT molecular complexity index is 741. The molecule has 21 heavy (non-hydrogen) atoms. The number of carboxylic acids is 1. The number of rotatable bonds is 2. The minimum absolute atomic E-state index is 0.423. The topological polar surface area (TPSA) is 77.2 Å². The Labute approximate surface area is 126 Å². The number of anilines is 1. The maximum Gasteiger partial charge on any atom is 0.327 e. The van der Waals surface area contributed by atoms with Gasteiger partial charge in [-0.1, -0.05) is 18.2 Å². The van der Waals surface area contributed by atoms with Crippen LogP contribution in [0, 0.1) is 11.3 Å². The average molecular weight is 299 g/mol. The zero-order valence-electron chi connectivity index (χ0n) is 11.2. The number of thioether (sulfide) groups is 1. The van der Waals surface area contributed by atoms with Crippen molar-refractivity contribution >= 4 is 34.5 Å². The molecule has 0 aliphatic carbocycles. The van der Waals surface area contributed by atoms with Crippen molar-refractivity contribution in [3.05, 3.63) is 35.9 Å². The van der Waals surface area contributed by atoms with Gasteiger partial charge in [-0.15, -0.1) is 0 Å². The molecule has 106 valence electrons. The molecule has 1 aromatic heterocycles. The molecule has 1 fully saturated rings. The number of para-hydroxylation sites is 1. The van der Waals surface area contributed by atoms with Crippen molar-refractivity contribution in [3.63, 3.8) is 0 Å². The number of nitriles is 1. The summed E-state index contributed by atoms with van der Waals surface area (Å²) < 4.78 is 0. The predicted molar refractivity (Wildman–Crippen MR) is 82.6 cm³/mol. The van der Waals surface area contributed by atoms with Crippen molar-refractivity contribution in [2.24, 2.45) is 0 Å². The Morgan fingerprint density at radius 2 is 2.29 bits per heavy atom. The molecule has 1 aliphatic heterocycles. The van der Waals surface area contributed by atoms with Crippen LogP contribution in [0.1, 0.15) is 5.56 Å². The van der Waals surface area contributed by atoms with Gasteiger partial charge in [0.2, 0.25) is 0 Å². The van der Waals surface area contributed by atoms with Gasteiger partial charge in [-0.05, 0) is 12.1 Å². The van der Waals surface area contributed by atoms with Crippen LogP contribution in [0.2, 0.25) is 0 Å². The summed E-state index contributed by atoms with van der Waals surface area (Å²) in [4.78, 5) is 17.7. The zero-order chi connectivity index (χ0) is 14.8. The normalized spacial score (nSPS) is 18.4. The zero-order valence-corrected chi connectivity index (χ0v) is 12.0. The van der Waals surface area contributed by atoms with Crippen LogP contribution in [0.15, 0.2) is 30.3 Å². The van der Waals surface area contributed by atoms with E-state index < -0.39 is 12.0 Å². The van der Waals surface area contributed by atoms with E-state index in [1.54, 1.807) is 22.7 Å². The molecule has 3 rings (SSSR count). The molecule has 1 atom stereocenters. The molecule has 2 aromatic rings. The van der Waals surface area contributed by atoms with Crippen LogP contribution in [0.3, 0.4) is 0 Å². The summed E-state index contributed by atoms with van der Waals surface area (Å²) in [5.74, 6) is 0.947. The highest BCUT2D eigenvalue weighted by Crippen LogP contribution is 2.28. The highest BCUT2D eigenvalue weighted by Gasteiger charge is 2.31. The summed E-state index contributed by atoms with van der Waals surface area (Å²) in [6.45, 7) is 0.585. The SMILES string of the molecule is N#Cc1cc2ccccc2nc1N1CCSCC1C(=O)O. The number of aromatic nitrogens is 1. The van der Waals surface area contributed by atoms with Gasteiger partial charge in [0.05, 0.1) is 11.1 Å². The lowest BCUT2D eigenvalue weighted by Crippen LogP contribution is -2.48. The molecule has 0 saturated carbocycles. The lowest BCUT2D eigenvalue weighted by molar-refractivity contribution is -0.138. The Balaban J connectivity index is 2.13. The van der Waals surface area contributed by atoms with Crippen LogP contribution >= 0.6 is 11.8 Å². The minimum atomic E-state index is -0.874. The molecule has 1 N–H and O–H groups in total. The fraction of sp³-hybridized carbons (Fsp3) is 0.267. The standard InChI is InChI=1S/C15H13N3O2S/c16-8-11-7-10-3-1-2-4-12(10)17-14(11)18-5-6-21-9-13(18)15(19)20/h1-4,7,13H,5-6,9H2,(H,19,20). The molecule has 1 aromatic carbocycles. The quantitative estimate of drug-likeness (QED) is 0.915. The smallest absolute Gasteiger partial charge is 0.327 e. The van der Waals surface area contributed by atoms with E-state index in [2.05, 4.69) is 11.1 Å². The molecule has 6 heteroatoms. The van der Waals surface area contributed by atoms with E-state index in [0.717, 1.165) is 16.7 Å². The fourth-order valence-electron chi connectivity index (χ4n) is 2.47. The largest absolute Gasteiger partial charge is 0.480 e. The van der Waals surface area contributed by atoms with Crippen LogP contribution in [0.5, 0.6) is 0 Å². The van der Waals surface area contributed by atoms with Gasteiger partial charge in [0, 0.05) is 23.4 Å².